The molecule has 180 valence electrons. The van der Waals surface area contributed by atoms with Gasteiger partial charge in [-0.05, 0) is 86.4 Å². The lowest BCUT2D eigenvalue weighted by molar-refractivity contribution is 0.111. The van der Waals surface area contributed by atoms with Crippen LogP contribution in [0.15, 0.2) is 45.8 Å². The molecule has 0 saturated heterocycles. The van der Waals surface area contributed by atoms with Crippen molar-refractivity contribution in [1.29, 1.82) is 0 Å². The third-order valence-corrected chi connectivity index (χ3v) is 6.12. The van der Waals surface area contributed by atoms with Crippen LogP contribution in [-0.4, -0.2) is 30.1 Å². The molecule has 0 radical (unpaired) electrons. The molecule has 1 atom stereocenters. The summed E-state index contributed by atoms with van der Waals surface area (Å²) in [6.45, 7) is 15.6. The zero-order valence-corrected chi connectivity index (χ0v) is 21.1. The van der Waals surface area contributed by atoms with Gasteiger partial charge < -0.3 is 9.40 Å². The van der Waals surface area contributed by atoms with Crippen molar-refractivity contribution >= 4 is 10.9 Å². The average molecular weight is 463 g/mol. The van der Waals surface area contributed by atoms with Crippen molar-refractivity contribution in [3.05, 3.63) is 75.2 Å². The Labute approximate surface area is 200 Å². The molecule has 1 aromatic carbocycles. The third-order valence-electron chi connectivity index (χ3n) is 6.12. The van der Waals surface area contributed by atoms with Crippen LogP contribution in [0.5, 0.6) is 0 Å². The third kappa shape index (κ3) is 4.82. The highest BCUT2D eigenvalue weighted by Gasteiger charge is 2.33. The standard InChI is InChI=1S/C26H34N6O2/c1-16(2)23(24-28-29-30-32(24)26(5,6)7)31(15-20-9-8-10-34-20)14-19-13-21-18(4)11-17(3)12-22(21)27-25(19)33/h8-13,16,23H,14-15H2,1-7H3,(H,27,33)/t23-/m1/s1. The first-order chi connectivity index (χ1) is 16.0. The number of aromatic amines is 1. The highest BCUT2D eigenvalue weighted by Crippen LogP contribution is 2.32. The molecule has 3 aromatic heterocycles. The maximum absolute atomic E-state index is 13.1. The Morgan fingerprint density at radius 1 is 1.15 bits per heavy atom. The monoisotopic (exact) mass is 462 g/mol. The quantitative estimate of drug-likeness (QED) is 0.421. The van der Waals surface area contributed by atoms with Gasteiger partial charge in [-0.3, -0.25) is 9.69 Å². The second-order valence-electron chi connectivity index (χ2n) is 10.5. The molecule has 4 aromatic rings. The van der Waals surface area contributed by atoms with Crippen LogP contribution in [0.3, 0.4) is 0 Å². The van der Waals surface area contributed by atoms with E-state index in [1.165, 1.54) is 0 Å². The molecule has 0 saturated carbocycles. The van der Waals surface area contributed by atoms with Gasteiger partial charge in [0.05, 0.1) is 24.4 Å². The van der Waals surface area contributed by atoms with Crippen LogP contribution in [-0.2, 0) is 18.6 Å². The minimum atomic E-state index is -0.280. The lowest BCUT2D eigenvalue weighted by Gasteiger charge is -2.34. The van der Waals surface area contributed by atoms with Crippen LogP contribution in [0.25, 0.3) is 10.9 Å². The first-order valence-corrected chi connectivity index (χ1v) is 11.7. The number of tetrazole rings is 1. The van der Waals surface area contributed by atoms with Gasteiger partial charge in [0.2, 0.25) is 0 Å². The smallest absolute Gasteiger partial charge is 0.252 e. The highest BCUT2D eigenvalue weighted by atomic mass is 16.3. The van der Waals surface area contributed by atoms with Crippen LogP contribution in [0.4, 0.5) is 0 Å². The van der Waals surface area contributed by atoms with Crippen molar-refractivity contribution in [3.63, 3.8) is 0 Å². The van der Waals surface area contributed by atoms with E-state index in [1.54, 1.807) is 6.26 Å². The summed E-state index contributed by atoms with van der Waals surface area (Å²) in [6.07, 6.45) is 1.67. The SMILES string of the molecule is Cc1cc(C)c2cc(CN(Cc3ccco3)[C@@H](c3nnnn3C(C)(C)C)C(C)C)c(=O)[nH]c2c1. The molecule has 0 aliphatic rings. The molecule has 0 amide bonds. The Morgan fingerprint density at radius 2 is 1.91 bits per heavy atom. The summed E-state index contributed by atoms with van der Waals surface area (Å²) in [7, 11) is 0. The number of rotatable bonds is 7. The molecular formula is C26H34N6O2. The van der Waals surface area contributed by atoms with E-state index in [4.69, 9.17) is 4.42 Å². The van der Waals surface area contributed by atoms with Crippen LogP contribution in [0.1, 0.15) is 68.9 Å². The van der Waals surface area contributed by atoms with Crippen molar-refractivity contribution < 1.29 is 4.42 Å². The number of nitrogens with zero attached hydrogens (tertiary/aromatic N) is 5. The molecule has 0 unspecified atom stereocenters. The molecule has 0 fully saturated rings. The van der Waals surface area contributed by atoms with Gasteiger partial charge in [0.25, 0.3) is 5.56 Å². The van der Waals surface area contributed by atoms with Gasteiger partial charge in [0.1, 0.15) is 5.76 Å². The Hall–Kier alpha value is -3.26. The molecule has 0 spiro atoms. The predicted octanol–water partition coefficient (Wildman–Crippen LogP) is 4.88. The van der Waals surface area contributed by atoms with Crippen LogP contribution >= 0.6 is 0 Å². The van der Waals surface area contributed by atoms with Crippen LogP contribution in [0.2, 0.25) is 0 Å². The Morgan fingerprint density at radius 3 is 2.56 bits per heavy atom. The van der Waals surface area contributed by atoms with Gasteiger partial charge in [-0.1, -0.05) is 19.9 Å². The van der Waals surface area contributed by atoms with E-state index in [0.717, 1.165) is 33.6 Å². The fourth-order valence-corrected chi connectivity index (χ4v) is 4.65. The maximum atomic E-state index is 13.1. The number of nitrogens with one attached hydrogen (secondary N) is 1. The Kier molecular flexibility index (Phi) is 6.45. The second kappa shape index (κ2) is 9.18. The molecule has 0 aliphatic heterocycles. The van der Waals surface area contributed by atoms with Crippen molar-refractivity contribution in [2.75, 3.05) is 0 Å². The zero-order chi connectivity index (χ0) is 24.6. The molecular weight excluding hydrogens is 428 g/mol. The first kappa shape index (κ1) is 23.9. The molecule has 4 rings (SSSR count). The molecule has 1 N–H and O–H groups in total. The topological polar surface area (TPSA) is 92.8 Å². The number of H-pyrrole nitrogens is 1. The minimum absolute atomic E-state index is 0.0835. The highest BCUT2D eigenvalue weighted by molar-refractivity contribution is 5.83. The molecule has 8 nitrogen and oxygen atoms in total. The lowest BCUT2D eigenvalue weighted by Crippen LogP contribution is -2.37. The van der Waals surface area contributed by atoms with Crippen LogP contribution in [0, 0.1) is 19.8 Å². The number of hydrogen-bond acceptors (Lipinski definition) is 6. The number of aromatic nitrogens is 5. The molecule has 3 heterocycles. The van der Waals surface area contributed by atoms with Crippen molar-refractivity contribution in [2.24, 2.45) is 5.92 Å². The summed E-state index contributed by atoms with van der Waals surface area (Å²) in [6, 6.07) is 9.87. The summed E-state index contributed by atoms with van der Waals surface area (Å²) in [5.74, 6) is 1.79. The largest absolute Gasteiger partial charge is 0.468 e. The van der Waals surface area contributed by atoms with E-state index in [-0.39, 0.29) is 23.1 Å². The summed E-state index contributed by atoms with van der Waals surface area (Å²) < 4.78 is 7.57. The minimum Gasteiger partial charge on any atom is -0.468 e. The molecule has 34 heavy (non-hydrogen) atoms. The van der Waals surface area contributed by atoms with Gasteiger partial charge in [0, 0.05) is 23.0 Å². The lowest BCUT2D eigenvalue weighted by atomic mass is 9.98. The van der Waals surface area contributed by atoms with E-state index in [1.807, 2.05) is 35.9 Å². The summed E-state index contributed by atoms with van der Waals surface area (Å²) in [5.41, 5.74) is 3.47. The van der Waals surface area contributed by atoms with Gasteiger partial charge in [-0.2, -0.15) is 0 Å². The van der Waals surface area contributed by atoms with E-state index >= 15 is 0 Å². The number of hydrogen-bond donors (Lipinski definition) is 1. The molecule has 0 bridgehead atoms. The summed E-state index contributed by atoms with van der Waals surface area (Å²) >= 11 is 0. The fraction of sp³-hybridized carbons (Fsp3) is 0.462. The summed E-state index contributed by atoms with van der Waals surface area (Å²) in [5, 5.41) is 13.8. The predicted molar refractivity (Wildman–Crippen MR) is 132 cm³/mol. The van der Waals surface area contributed by atoms with E-state index < -0.39 is 0 Å². The Bertz CT molecular complexity index is 1330. The van der Waals surface area contributed by atoms with Gasteiger partial charge in [-0.25, -0.2) is 4.68 Å². The number of furan rings is 1. The fourth-order valence-electron chi connectivity index (χ4n) is 4.65. The first-order valence-electron chi connectivity index (χ1n) is 11.7. The normalized spacial score (nSPS) is 13.3. The van der Waals surface area contributed by atoms with Gasteiger partial charge >= 0.3 is 0 Å². The number of benzene rings is 1. The van der Waals surface area contributed by atoms with Crippen LogP contribution < -0.4 is 5.56 Å². The van der Waals surface area contributed by atoms with Gasteiger partial charge in [0.15, 0.2) is 5.82 Å². The van der Waals surface area contributed by atoms with Crippen molar-refractivity contribution in [1.82, 2.24) is 30.1 Å². The van der Waals surface area contributed by atoms with E-state index in [9.17, 15) is 4.79 Å². The maximum Gasteiger partial charge on any atom is 0.252 e. The average Bonchev–Trinajstić information content (AvgIpc) is 3.40. The number of fused-ring (bicyclic) bond motifs is 1. The van der Waals surface area contributed by atoms with Gasteiger partial charge in [-0.15, -0.1) is 5.10 Å². The summed E-state index contributed by atoms with van der Waals surface area (Å²) in [4.78, 5) is 18.5. The Balaban J connectivity index is 1.81. The number of aryl methyl sites for hydroxylation is 2. The molecule has 8 heteroatoms. The van der Waals surface area contributed by atoms with E-state index in [0.29, 0.717) is 18.7 Å². The second-order valence-corrected chi connectivity index (χ2v) is 10.5. The van der Waals surface area contributed by atoms with Crippen molar-refractivity contribution in [2.45, 2.75) is 73.1 Å². The van der Waals surface area contributed by atoms with Crippen molar-refractivity contribution in [3.8, 4) is 0 Å². The molecule has 0 aliphatic carbocycles. The van der Waals surface area contributed by atoms with E-state index in [2.05, 4.69) is 73.0 Å². The zero-order valence-electron chi connectivity index (χ0n) is 21.1. The number of pyridine rings is 1.